The molecule has 0 aliphatic carbocycles. The summed E-state index contributed by atoms with van der Waals surface area (Å²) in [6.45, 7) is 0. The zero-order valence-corrected chi connectivity index (χ0v) is 9.68. The lowest BCUT2D eigenvalue weighted by molar-refractivity contribution is -0.138. The summed E-state index contributed by atoms with van der Waals surface area (Å²) in [5.41, 5.74) is 0.860. The average molecular weight is 244 g/mol. The van der Waals surface area contributed by atoms with E-state index in [1.807, 2.05) is 0 Å². The van der Waals surface area contributed by atoms with Gasteiger partial charge in [-0.2, -0.15) is 0 Å². The summed E-state index contributed by atoms with van der Waals surface area (Å²) in [5, 5.41) is 2.72. The van der Waals surface area contributed by atoms with Crippen molar-refractivity contribution >= 4 is 23.4 Å². The molecule has 2 aliphatic heterocycles. The minimum atomic E-state index is -0.661. The first-order chi connectivity index (χ1) is 8.68. The molecule has 1 fully saturated rings. The predicted octanol–water partition coefficient (Wildman–Crippen LogP) is 1.16. The van der Waals surface area contributed by atoms with Crippen molar-refractivity contribution in [3.63, 3.8) is 0 Å². The van der Waals surface area contributed by atoms with Crippen LogP contribution in [0, 0.1) is 0 Å². The molecule has 1 saturated heterocycles. The van der Waals surface area contributed by atoms with Gasteiger partial charge in [0.1, 0.15) is 6.04 Å². The molecule has 0 radical (unpaired) electrons. The number of piperidine rings is 1. The van der Waals surface area contributed by atoms with Crippen LogP contribution in [0.5, 0.6) is 0 Å². The first-order valence-corrected chi connectivity index (χ1v) is 5.95. The summed E-state index contributed by atoms with van der Waals surface area (Å²) in [4.78, 5) is 37.4. The van der Waals surface area contributed by atoms with Crippen LogP contribution in [0.4, 0.5) is 5.69 Å². The van der Waals surface area contributed by atoms with Gasteiger partial charge in [0.05, 0.1) is 11.3 Å². The van der Waals surface area contributed by atoms with Crippen LogP contribution in [0.25, 0.3) is 0 Å². The van der Waals surface area contributed by atoms with Gasteiger partial charge < -0.3 is 5.32 Å². The molecule has 0 unspecified atom stereocenters. The van der Waals surface area contributed by atoms with E-state index in [4.69, 9.17) is 0 Å². The number of hydrogen-bond donors (Lipinski definition) is 1. The first-order valence-electron chi connectivity index (χ1n) is 5.95. The largest absolute Gasteiger partial charge is 0.324 e. The van der Waals surface area contributed by atoms with Gasteiger partial charge in [-0.25, -0.2) is 0 Å². The van der Waals surface area contributed by atoms with Crippen LogP contribution in [0.3, 0.4) is 0 Å². The highest BCUT2D eigenvalue weighted by molar-refractivity contribution is 6.15. The molecule has 5 nitrogen and oxygen atoms in total. The third-order valence-corrected chi connectivity index (χ3v) is 3.39. The average Bonchev–Trinajstić information content (AvgIpc) is 2.48. The Bertz CT molecular complexity index is 553. The standard InChI is InChI=1S/C13H12N2O3/c16-11-7-3-6-10-12(17)14-9-5-2-1-4-8(9)13(18)15(10)11/h1-2,4-5,10H,3,6-7H2,(H,14,17)/t10-/m0/s1. The highest BCUT2D eigenvalue weighted by Crippen LogP contribution is 2.28. The molecule has 1 atom stereocenters. The number of carbonyl (C=O) groups is 3. The van der Waals surface area contributed by atoms with E-state index in [1.54, 1.807) is 24.3 Å². The number of nitrogens with one attached hydrogen (secondary N) is 1. The van der Waals surface area contributed by atoms with Crippen molar-refractivity contribution in [2.24, 2.45) is 0 Å². The molecule has 5 heteroatoms. The minimum Gasteiger partial charge on any atom is -0.324 e. The van der Waals surface area contributed by atoms with Gasteiger partial charge in [-0.1, -0.05) is 12.1 Å². The number of rotatable bonds is 0. The number of anilines is 1. The molecule has 0 spiro atoms. The Morgan fingerprint density at radius 3 is 2.78 bits per heavy atom. The van der Waals surface area contributed by atoms with E-state index in [0.717, 1.165) is 4.90 Å². The van der Waals surface area contributed by atoms with Gasteiger partial charge in [0.15, 0.2) is 0 Å². The van der Waals surface area contributed by atoms with Gasteiger partial charge in [0, 0.05) is 6.42 Å². The molecule has 1 aromatic rings. The Labute approximate surface area is 104 Å². The van der Waals surface area contributed by atoms with Gasteiger partial charge in [0.25, 0.3) is 5.91 Å². The van der Waals surface area contributed by atoms with Gasteiger partial charge in [0.2, 0.25) is 11.8 Å². The Hall–Kier alpha value is -2.17. The molecule has 2 aliphatic rings. The molecule has 1 N–H and O–H groups in total. The normalized spacial score (nSPS) is 23.0. The van der Waals surface area contributed by atoms with E-state index in [2.05, 4.69) is 5.32 Å². The Morgan fingerprint density at radius 1 is 1.17 bits per heavy atom. The number of imide groups is 1. The maximum atomic E-state index is 12.3. The van der Waals surface area contributed by atoms with E-state index >= 15 is 0 Å². The van der Waals surface area contributed by atoms with Crippen LogP contribution < -0.4 is 5.32 Å². The molecule has 3 rings (SSSR count). The van der Waals surface area contributed by atoms with Gasteiger partial charge in [-0.15, -0.1) is 0 Å². The smallest absolute Gasteiger partial charge is 0.263 e. The monoisotopic (exact) mass is 244 g/mol. The lowest BCUT2D eigenvalue weighted by atomic mass is 10.0. The highest BCUT2D eigenvalue weighted by atomic mass is 16.2. The maximum Gasteiger partial charge on any atom is 0.263 e. The van der Waals surface area contributed by atoms with Crippen molar-refractivity contribution < 1.29 is 14.4 Å². The molecule has 92 valence electrons. The summed E-state index contributed by atoms with van der Waals surface area (Å²) in [7, 11) is 0. The van der Waals surface area contributed by atoms with Crippen LogP contribution in [-0.4, -0.2) is 28.7 Å². The fourth-order valence-electron chi connectivity index (χ4n) is 2.50. The van der Waals surface area contributed by atoms with Gasteiger partial charge in [-0.3, -0.25) is 19.3 Å². The molecular weight excluding hydrogens is 232 g/mol. The predicted molar refractivity (Wildman–Crippen MR) is 63.9 cm³/mol. The molecule has 18 heavy (non-hydrogen) atoms. The summed E-state index contributed by atoms with van der Waals surface area (Å²) in [6.07, 6.45) is 1.52. The highest BCUT2D eigenvalue weighted by Gasteiger charge is 2.40. The third kappa shape index (κ3) is 1.51. The van der Waals surface area contributed by atoms with Gasteiger partial charge in [-0.05, 0) is 25.0 Å². The second-order valence-corrected chi connectivity index (χ2v) is 4.51. The van der Waals surface area contributed by atoms with Crippen LogP contribution in [0.2, 0.25) is 0 Å². The van der Waals surface area contributed by atoms with E-state index in [9.17, 15) is 14.4 Å². The number of para-hydroxylation sites is 1. The van der Waals surface area contributed by atoms with Crippen molar-refractivity contribution in [1.29, 1.82) is 0 Å². The lowest BCUT2D eigenvalue weighted by Crippen LogP contribution is -2.51. The number of hydrogen-bond acceptors (Lipinski definition) is 3. The summed E-state index contributed by atoms with van der Waals surface area (Å²) >= 11 is 0. The van der Waals surface area contributed by atoms with Crippen LogP contribution in [0.15, 0.2) is 24.3 Å². The topological polar surface area (TPSA) is 66.5 Å². The second-order valence-electron chi connectivity index (χ2n) is 4.51. The van der Waals surface area contributed by atoms with Crippen LogP contribution in [-0.2, 0) is 9.59 Å². The SMILES string of the molecule is O=C1Nc2ccccc2C(=O)N2C(=O)CCC[C@@H]12. The Kier molecular flexibility index (Phi) is 2.40. The lowest BCUT2D eigenvalue weighted by Gasteiger charge is -2.30. The minimum absolute atomic E-state index is 0.261. The summed E-state index contributed by atoms with van der Waals surface area (Å²) in [6, 6.07) is 6.11. The first kappa shape index (κ1) is 11.0. The quantitative estimate of drug-likeness (QED) is 0.696. The maximum absolute atomic E-state index is 12.3. The molecule has 3 amide bonds. The number of fused-ring (bicyclic) bond motifs is 2. The molecule has 1 aromatic carbocycles. The molecule has 0 aromatic heterocycles. The van der Waals surface area contributed by atoms with Crippen molar-refractivity contribution in [2.75, 3.05) is 5.32 Å². The number of nitrogens with zero attached hydrogens (tertiary/aromatic N) is 1. The molecule has 0 bridgehead atoms. The Morgan fingerprint density at radius 2 is 1.94 bits per heavy atom. The zero-order chi connectivity index (χ0) is 12.7. The van der Waals surface area contributed by atoms with Crippen molar-refractivity contribution in [1.82, 2.24) is 4.90 Å². The fraction of sp³-hybridized carbons (Fsp3) is 0.308. The number of carbonyl (C=O) groups excluding carboxylic acids is 3. The zero-order valence-electron chi connectivity index (χ0n) is 9.68. The molecular formula is C13H12N2O3. The van der Waals surface area contributed by atoms with Crippen molar-refractivity contribution in [3.05, 3.63) is 29.8 Å². The second kappa shape index (κ2) is 3.94. The number of benzene rings is 1. The summed E-state index contributed by atoms with van der Waals surface area (Å²) in [5.74, 6) is -0.914. The van der Waals surface area contributed by atoms with E-state index in [-0.39, 0.29) is 17.7 Å². The third-order valence-electron chi connectivity index (χ3n) is 3.39. The Balaban J connectivity index is 2.12. The van der Waals surface area contributed by atoms with Crippen molar-refractivity contribution in [2.45, 2.75) is 25.3 Å². The van der Waals surface area contributed by atoms with E-state index in [0.29, 0.717) is 30.5 Å². The van der Waals surface area contributed by atoms with Crippen LogP contribution in [0.1, 0.15) is 29.6 Å². The van der Waals surface area contributed by atoms with Gasteiger partial charge >= 0.3 is 0 Å². The van der Waals surface area contributed by atoms with Crippen LogP contribution >= 0.6 is 0 Å². The fourth-order valence-corrected chi connectivity index (χ4v) is 2.50. The number of amides is 3. The molecule has 2 heterocycles. The molecule has 0 saturated carbocycles. The van der Waals surface area contributed by atoms with E-state index < -0.39 is 6.04 Å². The summed E-state index contributed by atoms with van der Waals surface area (Å²) < 4.78 is 0. The van der Waals surface area contributed by atoms with E-state index in [1.165, 1.54) is 0 Å². The van der Waals surface area contributed by atoms with Crippen molar-refractivity contribution in [3.8, 4) is 0 Å².